The average molecular weight is 213 g/mol. The Morgan fingerprint density at radius 2 is 1.53 bits per heavy atom. The van der Waals surface area contributed by atoms with Gasteiger partial charge in [-0.05, 0) is 32.2 Å². The van der Waals surface area contributed by atoms with Gasteiger partial charge in [-0.2, -0.15) is 0 Å². The Kier molecular flexibility index (Phi) is 10.4. The van der Waals surface area contributed by atoms with Gasteiger partial charge in [0, 0.05) is 6.04 Å². The molecule has 0 aromatic rings. The van der Waals surface area contributed by atoms with E-state index in [1.165, 1.54) is 51.5 Å². The van der Waals surface area contributed by atoms with Gasteiger partial charge in [0.05, 0.1) is 0 Å². The standard InChI is InChI=1S/C14H31N/c1-5-8-10-13(4)15-12-14(7-3)11-9-6-2/h13-15H,5-12H2,1-4H3. The third-order valence-corrected chi connectivity index (χ3v) is 3.29. The Morgan fingerprint density at radius 3 is 2.07 bits per heavy atom. The molecule has 0 saturated carbocycles. The SMILES string of the molecule is CCCCC(CC)CNC(C)CCCC. The predicted octanol–water partition coefficient (Wildman–Crippen LogP) is 4.37. The van der Waals surface area contributed by atoms with Crippen molar-refractivity contribution in [1.29, 1.82) is 0 Å². The molecule has 0 aliphatic carbocycles. The summed E-state index contributed by atoms with van der Waals surface area (Å²) in [7, 11) is 0. The minimum Gasteiger partial charge on any atom is -0.314 e. The molecular formula is C14H31N. The Hall–Kier alpha value is -0.0400. The summed E-state index contributed by atoms with van der Waals surface area (Å²) in [6.45, 7) is 10.4. The summed E-state index contributed by atoms with van der Waals surface area (Å²) in [5.74, 6) is 0.897. The Bertz CT molecular complexity index is 123. The normalized spacial score (nSPS) is 15.2. The van der Waals surface area contributed by atoms with Crippen LogP contribution in [0.2, 0.25) is 0 Å². The lowest BCUT2D eigenvalue weighted by Gasteiger charge is -2.19. The number of hydrogen-bond acceptors (Lipinski definition) is 1. The molecule has 0 saturated heterocycles. The molecule has 1 N–H and O–H groups in total. The van der Waals surface area contributed by atoms with Gasteiger partial charge >= 0.3 is 0 Å². The van der Waals surface area contributed by atoms with E-state index in [9.17, 15) is 0 Å². The molecule has 0 heterocycles. The van der Waals surface area contributed by atoms with Crippen LogP contribution in [0.15, 0.2) is 0 Å². The number of nitrogens with one attached hydrogen (secondary N) is 1. The molecule has 1 heteroatoms. The maximum absolute atomic E-state index is 3.68. The molecule has 0 radical (unpaired) electrons. The number of unbranched alkanes of at least 4 members (excludes halogenated alkanes) is 2. The van der Waals surface area contributed by atoms with Crippen LogP contribution in [0.5, 0.6) is 0 Å². The molecule has 2 unspecified atom stereocenters. The van der Waals surface area contributed by atoms with Gasteiger partial charge in [-0.1, -0.05) is 52.9 Å². The summed E-state index contributed by atoms with van der Waals surface area (Å²) >= 11 is 0. The molecule has 0 aliphatic rings. The van der Waals surface area contributed by atoms with Crippen molar-refractivity contribution in [1.82, 2.24) is 5.32 Å². The van der Waals surface area contributed by atoms with Gasteiger partial charge in [-0.15, -0.1) is 0 Å². The van der Waals surface area contributed by atoms with Gasteiger partial charge in [0.25, 0.3) is 0 Å². The van der Waals surface area contributed by atoms with Crippen molar-refractivity contribution in [2.24, 2.45) is 5.92 Å². The molecule has 15 heavy (non-hydrogen) atoms. The molecule has 92 valence electrons. The highest BCUT2D eigenvalue weighted by Crippen LogP contribution is 2.12. The van der Waals surface area contributed by atoms with Crippen molar-refractivity contribution in [3.63, 3.8) is 0 Å². The smallest absolute Gasteiger partial charge is 0.00388 e. The largest absolute Gasteiger partial charge is 0.314 e. The number of hydrogen-bond donors (Lipinski definition) is 1. The van der Waals surface area contributed by atoms with Crippen LogP contribution in [0.3, 0.4) is 0 Å². The summed E-state index contributed by atoms with van der Waals surface area (Å²) in [5.41, 5.74) is 0. The van der Waals surface area contributed by atoms with Crippen LogP contribution >= 0.6 is 0 Å². The average Bonchev–Trinajstić information content (AvgIpc) is 2.26. The fourth-order valence-electron chi connectivity index (χ4n) is 1.92. The fraction of sp³-hybridized carbons (Fsp3) is 1.00. The highest BCUT2D eigenvalue weighted by Gasteiger charge is 2.07. The molecule has 0 fully saturated rings. The van der Waals surface area contributed by atoms with Crippen LogP contribution in [-0.2, 0) is 0 Å². The first kappa shape index (κ1) is 15.0. The fourth-order valence-corrected chi connectivity index (χ4v) is 1.92. The third kappa shape index (κ3) is 8.92. The zero-order valence-corrected chi connectivity index (χ0v) is 11.3. The quantitative estimate of drug-likeness (QED) is 0.568. The Balaban J connectivity index is 3.50. The second-order valence-electron chi connectivity index (χ2n) is 4.87. The number of rotatable bonds is 10. The van der Waals surface area contributed by atoms with Crippen LogP contribution < -0.4 is 5.32 Å². The highest BCUT2D eigenvalue weighted by molar-refractivity contribution is 4.65. The van der Waals surface area contributed by atoms with Gasteiger partial charge in [0.2, 0.25) is 0 Å². The van der Waals surface area contributed by atoms with Crippen LogP contribution in [0.4, 0.5) is 0 Å². The van der Waals surface area contributed by atoms with Crippen molar-refractivity contribution in [2.45, 2.75) is 78.7 Å². The van der Waals surface area contributed by atoms with Gasteiger partial charge in [-0.25, -0.2) is 0 Å². The van der Waals surface area contributed by atoms with Crippen molar-refractivity contribution in [3.05, 3.63) is 0 Å². The lowest BCUT2D eigenvalue weighted by Crippen LogP contribution is -2.31. The van der Waals surface area contributed by atoms with Gasteiger partial charge < -0.3 is 5.32 Å². The maximum atomic E-state index is 3.68. The summed E-state index contributed by atoms with van der Waals surface area (Å²) in [6.07, 6.45) is 9.47. The van der Waals surface area contributed by atoms with Crippen LogP contribution in [-0.4, -0.2) is 12.6 Å². The lowest BCUT2D eigenvalue weighted by molar-refractivity contribution is 0.384. The van der Waals surface area contributed by atoms with Gasteiger partial charge in [0.1, 0.15) is 0 Å². The summed E-state index contributed by atoms with van der Waals surface area (Å²) in [5, 5.41) is 3.68. The second kappa shape index (κ2) is 10.5. The van der Waals surface area contributed by atoms with E-state index >= 15 is 0 Å². The molecular weight excluding hydrogens is 182 g/mol. The van der Waals surface area contributed by atoms with Crippen LogP contribution in [0.1, 0.15) is 72.6 Å². The monoisotopic (exact) mass is 213 g/mol. The van der Waals surface area contributed by atoms with E-state index in [-0.39, 0.29) is 0 Å². The zero-order chi connectivity index (χ0) is 11.5. The second-order valence-corrected chi connectivity index (χ2v) is 4.87. The predicted molar refractivity (Wildman–Crippen MR) is 70.3 cm³/mol. The van der Waals surface area contributed by atoms with E-state index in [2.05, 4.69) is 33.0 Å². The molecule has 0 amide bonds. The molecule has 0 aromatic carbocycles. The van der Waals surface area contributed by atoms with E-state index in [0.717, 1.165) is 5.92 Å². The van der Waals surface area contributed by atoms with Gasteiger partial charge in [0.15, 0.2) is 0 Å². The zero-order valence-electron chi connectivity index (χ0n) is 11.3. The summed E-state index contributed by atoms with van der Waals surface area (Å²) in [4.78, 5) is 0. The van der Waals surface area contributed by atoms with Crippen LogP contribution in [0, 0.1) is 5.92 Å². The molecule has 1 nitrogen and oxygen atoms in total. The van der Waals surface area contributed by atoms with Crippen molar-refractivity contribution < 1.29 is 0 Å². The molecule has 0 rings (SSSR count). The maximum Gasteiger partial charge on any atom is 0.00388 e. The summed E-state index contributed by atoms with van der Waals surface area (Å²) in [6, 6.07) is 0.709. The van der Waals surface area contributed by atoms with Crippen molar-refractivity contribution in [3.8, 4) is 0 Å². The molecule has 2 atom stereocenters. The first-order chi connectivity index (χ1) is 7.24. The summed E-state index contributed by atoms with van der Waals surface area (Å²) < 4.78 is 0. The van der Waals surface area contributed by atoms with Gasteiger partial charge in [-0.3, -0.25) is 0 Å². The first-order valence-corrected chi connectivity index (χ1v) is 6.97. The molecule has 0 aromatic heterocycles. The first-order valence-electron chi connectivity index (χ1n) is 6.97. The van der Waals surface area contributed by atoms with Crippen molar-refractivity contribution in [2.75, 3.05) is 6.54 Å². The molecule has 0 bridgehead atoms. The highest BCUT2D eigenvalue weighted by atomic mass is 14.9. The van der Waals surface area contributed by atoms with E-state index in [1.54, 1.807) is 0 Å². The van der Waals surface area contributed by atoms with Crippen molar-refractivity contribution >= 4 is 0 Å². The van der Waals surface area contributed by atoms with E-state index < -0.39 is 0 Å². The topological polar surface area (TPSA) is 12.0 Å². The minimum atomic E-state index is 0.709. The lowest BCUT2D eigenvalue weighted by atomic mass is 9.99. The van der Waals surface area contributed by atoms with E-state index in [4.69, 9.17) is 0 Å². The third-order valence-electron chi connectivity index (χ3n) is 3.29. The van der Waals surface area contributed by atoms with Crippen LogP contribution in [0.25, 0.3) is 0 Å². The molecule has 0 spiro atoms. The van der Waals surface area contributed by atoms with E-state index in [0.29, 0.717) is 6.04 Å². The van der Waals surface area contributed by atoms with E-state index in [1.807, 2.05) is 0 Å². The Morgan fingerprint density at radius 1 is 0.933 bits per heavy atom. The Labute approximate surface area is 97.0 Å². The minimum absolute atomic E-state index is 0.709. The molecule has 0 aliphatic heterocycles.